The Morgan fingerprint density at radius 3 is 2.32 bits per heavy atom. The predicted molar refractivity (Wildman–Crippen MR) is 76.9 cm³/mol. The molecule has 100 valence electrons. The number of rotatable bonds is 4. The second-order valence-corrected chi connectivity index (χ2v) is 4.50. The maximum atomic E-state index is 12.0. The quantitative estimate of drug-likeness (QED) is 0.880. The molecule has 0 amide bonds. The summed E-state index contributed by atoms with van der Waals surface area (Å²) in [6, 6.07) is 5.96. The zero-order valence-electron chi connectivity index (χ0n) is 11.4. The molecule has 1 aromatic heterocycles. The lowest BCUT2D eigenvalue weighted by Crippen LogP contribution is -2.12. The summed E-state index contributed by atoms with van der Waals surface area (Å²) in [6.45, 7) is 4.70. The number of H-pyrrole nitrogens is 1. The number of benzene rings is 1. The summed E-state index contributed by atoms with van der Waals surface area (Å²) in [5.74, 6) is 0. The van der Waals surface area contributed by atoms with E-state index in [1.54, 1.807) is 12.3 Å². The monoisotopic (exact) mass is 257 g/mol. The second-order valence-electron chi connectivity index (χ2n) is 4.50. The van der Waals surface area contributed by atoms with Crippen LogP contribution in [0, 0.1) is 0 Å². The highest BCUT2D eigenvalue weighted by molar-refractivity contribution is 5.71. The van der Waals surface area contributed by atoms with Crippen molar-refractivity contribution in [3.8, 4) is 11.1 Å². The van der Waals surface area contributed by atoms with Crippen LogP contribution in [0.4, 0.5) is 0 Å². The molecule has 0 spiro atoms. The number of hydrogen-bond acceptors (Lipinski definition) is 3. The van der Waals surface area contributed by atoms with Crippen molar-refractivity contribution in [3.05, 3.63) is 51.4 Å². The highest BCUT2D eigenvalue weighted by atomic mass is 16.1. The minimum absolute atomic E-state index is 0.146. The molecule has 0 aliphatic heterocycles. The van der Waals surface area contributed by atoms with E-state index in [0.717, 1.165) is 35.1 Å². The molecule has 0 saturated carbocycles. The summed E-state index contributed by atoms with van der Waals surface area (Å²) in [7, 11) is 0. The van der Waals surface area contributed by atoms with Gasteiger partial charge in [0.25, 0.3) is 5.56 Å². The fourth-order valence-corrected chi connectivity index (χ4v) is 2.40. The minimum Gasteiger partial charge on any atom is -0.326 e. The molecule has 0 unspecified atom stereocenters. The van der Waals surface area contributed by atoms with Gasteiger partial charge in [-0.25, -0.2) is 5.10 Å². The molecule has 0 bridgehead atoms. The Hall–Kier alpha value is -1.94. The van der Waals surface area contributed by atoms with Crippen LogP contribution in [0.15, 0.2) is 29.2 Å². The summed E-state index contributed by atoms with van der Waals surface area (Å²) in [6.07, 6.45) is 3.36. The molecule has 2 rings (SSSR count). The van der Waals surface area contributed by atoms with Gasteiger partial charge in [0, 0.05) is 12.7 Å². The summed E-state index contributed by atoms with van der Waals surface area (Å²) in [5, 5.41) is 6.26. The normalized spacial score (nSPS) is 10.7. The number of hydrogen-bond donors (Lipinski definition) is 2. The van der Waals surface area contributed by atoms with Crippen molar-refractivity contribution in [2.24, 2.45) is 5.73 Å². The second kappa shape index (κ2) is 5.80. The van der Waals surface area contributed by atoms with Crippen molar-refractivity contribution in [2.75, 3.05) is 0 Å². The minimum atomic E-state index is -0.146. The Morgan fingerprint density at radius 2 is 1.84 bits per heavy atom. The molecule has 1 aromatic carbocycles. The van der Waals surface area contributed by atoms with Crippen LogP contribution in [-0.4, -0.2) is 10.2 Å². The van der Waals surface area contributed by atoms with Gasteiger partial charge in [-0.2, -0.15) is 5.10 Å². The van der Waals surface area contributed by atoms with Gasteiger partial charge in [-0.05, 0) is 41.2 Å². The van der Waals surface area contributed by atoms with E-state index in [4.69, 9.17) is 5.73 Å². The Balaban J connectivity index is 2.74. The molecule has 0 aliphatic carbocycles. The third-order valence-corrected chi connectivity index (χ3v) is 3.35. The van der Waals surface area contributed by atoms with Crippen LogP contribution in [0.25, 0.3) is 11.1 Å². The third-order valence-electron chi connectivity index (χ3n) is 3.35. The zero-order chi connectivity index (χ0) is 13.8. The first kappa shape index (κ1) is 13.5. The van der Waals surface area contributed by atoms with Gasteiger partial charge in [0.15, 0.2) is 0 Å². The number of nitrogens with zero attached hydrogens (tertiary/aromatic N) is 1. The molecular weight excluding hydrogens is 238 g/mol. The molecule has 19 heavy (non-hydrogen) atoms. The summed E-state index contributed by atoms with van der Waals surface area (Å²) >= 11 is 0. The van der Waals surface area contributed by atoms with Gasteiger partial charge in [0.05, 0.1) is 5.56 Å². The smallest absolute Gasteiger partial charge is 0.272 e. The highest BCUT2D eigenvalue weighted by Gasteiger charge is 2.13. The SMILES string of the molecule is CCc1cc(CN)cc(CC)c1-c1ccn[nH]c1=O. The van der Waals surface area contributed by atoms with Crippen LogP contribution in [0.3, 0.4) is 0 Å². The number of nitrogens with one attached hydrogen (secondary N) is 1. The summed E-state index contributed by atoms with van der Waals surface area (Å²) in [4.78, 5) is 12.0. The van der Waals surface area contributed by atoms with Gasteiger partial charge in [-0.3, -0.25) is 4.79 Å². The lowest BCUT2D eigenvalue weighted by atomic mass is 9.90. The summed E-state index contributed by atoms with van der Waals surface area (Å²) in [5.41, 5.74) is 10.8. The van der Waals surface area contributed by atoms with Crippen LogP contribution in [0.1, 0.15) is 30.5 Å². The first-order valence-electron chi connectivity index (χ1n) is 6.60. The van der Waals surface area contributed by atoms with E-state index in [9.17, 15) is 4.79 Å². The van der Waals surface area contributed by atoms with Crippen molar-refractivity contribution in [2.45, 2.75) is 33.2 Å². The number of aromatic nitrogens is 2. The van der Waals surface area contributed by atoms with E-state index in [-0.39, 0.29) is 5.56 Å². The lowest BCUT2D eigenvalue weighted by molar-refractivity contribution is 0.981. The van der Waals surface area contributed by atoms with Crippen molar-refractivity contribution in [1.29, 1.82) is 0 Å². The highest BCUT2D eigenvalue weighted by Crippen LogP contribution is 2.27. The van der Waals surface area contributed by atoms with Crippen LogP contribution in [0.2, 0.25) is 0 Å². The Bertz CT molecular complexity index is 606. The fraction of sp³-hybridized carbons (Fsp3) is 0.333. The zero-order valence-corrected chi connectivity index (χ0v) is 11.4. The molecule has 4 heteroatoms. The number of aromatic amines is 1. The average molecular weight is 257 g/mol. The van der Waals surface area contributed by atoms with Gasteiger partial charge in [-0.15, -0.1) is 0 Å². The van der Waals surface area contributed by atoms with Gasteiger partial charge in [0.1, 0.15) is 0 Å². The van der Waals surface area contributed by atoms with Crippen LogP contribution in [-0.2, 0) is 19.4 Å². The molecule has 0 radical (unpaired) electrons. The average Bonchev–Trinajstić information content (AvgIpc) is 2.46. The van der Waals surface area contributed by atoms with Crippen LogP contribution in [0.5, 0.6) is 0 Å². The molecule has 1 heterocycles. The van der Waals surface area contributed by atoms with Gasteiger partial charge in [0.2, 0.25) is 0 Å². The van der Waals surface area contributed by atoms with Crippen molar-refractivity contribution in [1.82, 2.24) is 10.2 Å². The predicted octanol–water partition coefficient (Wildman–Crippen LogP) is 2.02. The lowest BCUT2D eigenvalue weighted by Gasteiger charge is -2.14. The van der Waals surface area contributed by atoms with Crippen LogP contribution < -0.4 is 11.3 Å². The molecule has 4 nitrogen and oxygen atoms in total. The molecule has 3 N–H and O–H groups in total. The summed E-state index contributed by atoms with van der Waals surface area (Å²) < 4.78 is 0. The standard InChI is InChI=1S/C15H19N3O/c1-3-11-7-10(9-16)8-12(4-2)14(11)13-5-6-17-18-15(13)19/h5-8H,3-4,9,16H2,1-2H3,(H,18,19). The largest absolute Gasteiger partial charge is 0.326 e. The van der Waals surface area contributed by atoms with Gasteiger partial charge < -0.3 is 5.73 Å². The molecule has 0 atom stereocenters. The van der Waals surface area contributed by atoms with Crippen molar-refractivity contribution >= 4 is 0 Å². The molecule has 0 fully saturated rings. The van der Waals surface area contributed by atoms with Gasteiger partial charge >= 0.3 is 0 Å². The van der Waals surface area contributed by atoms with E-state index < -0.39 is 0 Å². The molecule has 0 saturated heterocycles. The Kier molecular flexibility index (Phi) is 4.12. The van der Waals surface area contributed by atoms with Gasteiger partial charge in [-0.1, -0.05) is 26.0 Å². The molecule has 2 aromatic rings. The maximum Gasteiger partial charge on any atom is 0.272 e. The van der Waals surface area contributed by atoms with Crippen molar-refractivity contribution < 1.29 is 0 Å². The molecule has 0 aliphatic rings. The van der Waals surface area contributed by atoms with E-state index in [2.05, 4.69) is 36.2 Å². The maximum absolute atomic E-state index is 12.0. The first-order valence-corrected chi connectivity index (χ1v) is 6.60. The topological polar surface area (TPSA) is 71.8 Å². The van der Waals surface area contributed by atoms with E-state index in [1.165, 1.54) is 0 Å². The van der Waals surface area contributed by atoms with E-state index in [0.29, 0.717) is 12.1 Å². The molecular formula is C15H19N3O. The Labute approximate surface area is 112 Å². The third kappa shape index (κ3) is 2.58. The number of aryl methyl sites for hydroxylation is 2. The van der Waals surface area contributed by atoms with E-state index in [1.807, 2.05) is 0 Å². The Morgan fingerprint density at radius 1 is 1.21 bits per heavy atom. The number of nitrogens with two attached hydrogens (primary N) is 1. The fourth-order valence-electron chi connectivity index (χ4n) is 2.40. The van der Waals surface area contributed by atoms with Crippen LogP contribution >= 0.6 is 0 Å². The first-order chi connectivity index (χ1) is 9.21. The van der Waals surface area contributed by atoms with E-state index >= 15 is 0 Å². The van der Waals surface area contributed by atoms with Crippen molar-refractivity contribution in [3.63, 3.8) is 0 Å².